The summed E-state index contributed by atoms with van der Waals surface area (Å²) in [5.41, 5.74) is 0.858. The fraction of sp³-hybridized carbons (Fsp3) is 0.412. The molecule has 0 amide bonds. The van der Waals surface area contributed by atoms with Gasteiger partial charge < -0.3 is 10.2 Å². The average Bonchev–Trinajstić information content (AvgIpc) is 3.13. The molecule has 0 spiro atoms. The van der Waals surface area contributed by atoms with Crippen molar-refractivity contribution in [3.63, 3.8) is 0 Å². The van der Waals surface area contributed by atoms with Crippen LogP contribution in [0.15, 0.2) is 35.2 Å². The van der Waals surface area contributed by atoms with E-state index >= 15 is 0 Å². The summed E-state index contributed by atoms with van der Waals surface area (Å²) in [4.78, 5) is 11.1. The van der Waals surface area contributed by atoms with Gasteiger partial charge in [0.25, 0.3) is 0 Å². The molecule has 0 radical (unpaired) electrons. The van der Waals surface area contributed by atoms with E-state index in [-0.39, 0.29) is 11.4 Å². The maximum absolute atomic E-state index is 12.9. The Hall–Kier alpha value is -2.26. The molecule has 0 saturated carbocycles. The average molecular weight is 379 g/mol. The summed E-state index contributed by atoms with van der Waals surface area (Å²) in [6.07, 6.45) is 2.33. The molecule has 1 aromatic carbocycles. The number of aryl methyl sites for hydroxylation is 1. The number of nitrogens with zero attached hydrogens (tertiary/aromatic N) is 3. The van der Waals surface area contributed by atoms with Crippen LogP contribution in [0.5, 0.6) is 0 Å². The molecule has 140 valence electrons. The maximum atomic E-state index is 12.9. The van der Waals surface area contributed by atoms with Crippen molar-refractivity contribution >= 4 is 21.8 Å². The number of hydrogen-bond donors (Lipinski definition) is 2. The predicted octanol–water partition coefficient (Wildman–Crippen LogP) is 1.91. The van der Waals surface area contributed by atoms with Crippen molar-refractivity contribution in [1.29, 1.82) is 0 Å². The normalized spacial score (nSPS) is 14.6. The minimum Gasteiger partial charge on any atom is -0.356 e. The van der Waals surface area contributed by atoms with Gasteiger partial charge in [0.15, 0.2) is 0 Å². The zero-order chi connectivity index (χ0) is 18.6. The van der Waals surface area contributed by atoms with E-state index in [4.69, 9.17) is 0 Å². The van der Waals surface area contributed by atoms with E-state index in [1.807, 2.05) is 13.0 Å². The molecule has 26 heavy (non-hydrogen) atoms. The SMILES string of the molecule is Cc1cc(N2CCCC2)nc(NCCNS(=O)(=O)c2ccc(F)cc2)n1. The highest BCUT2D eigenvalue weighted by Crippen LogP contribution is 2.19. The molecule has 2 aromatic rings. The van der Waals surface area contributed by atoms with Gasteiger partial charge in [0.1, 0.15) is 11.6 Å². The lowest BCUT2D eigenvalue weighted by atomic mass is 10.4. The molecule has 0 bridgehead atoms. The van der Waals surface area contributed by atoms with E-state index in [1.165, 1.54) is 12.1 Å². The fourth-order valence-corrected chi connectivity index (χ4v) is 3.83. The molecule has 3 rings (SSSR count). The minimum absolute atomic E-state index is 0.0297. The summed E-state index contributed by atoms with van der Waals surface area (Å²) >= 11 is 0. The number of hydrogen-bond acceptors (Lipinski definition) is 6. The molecule has 1 fully saturated rings. The summed E-state index contributed by atoms with van der Waals surface area (Å²) in [5.74, 6) is 0.897. The summed E-state index contributed by atoms with van der Waals surface area (Å²) in [7, 11) is -3.67. The molecule has 0 aliphatic carbocycles. The number of halogens is 1. The van der Waals surface area contributed by atoms with Crippen molar-refractivity contribution < 1.29 is 12.8 Å². The highest BCUT2D eigenvalue weighted by atomic mass is 32.2. The van der Waals surface area contributed by atoms with Crippen LogP contribution in [-0.4, -0.2) is 44.6 Å². The molecular formula is C17H22FN5O2S. The lowest BCUT2D eigenvalue weighted by Crippen LogP contribution is -2.29. The Morgan fingerprint density at radius 3 is 2.50 bits per heavy atom. The minimum atomic E-state index is -3.67. The number of benzene rings is 1. The second-order valence-electron chi connectivity index (χ2n) is 6.16. The molecule has 9 heteroatoms. The van der Waals surface area contributed by atoms with Crippen molar-refractivity contribution in [3.05, 3.63) is 41.8 Å². The van der Waals surface area contributed by atoms with Gasteiger partial charge in [-0.3, -0.25) is 0 Å². The quantitative estimate of drug-likeness (QED) is 0.715. The largest absolute Gasteiger partial charge is 0.356 e. The molecule has 1 aliphatic rings. The lowest BCUT2D eigenvalue weighted by molar-refractivity contribution is 0.582. The Kier molecular flexibility index (Phi) is 5.67. The summed E-state index contributed by atoms with van der Waals surface area (Å²) in [6.45, 7) is 4.39. The van der Waals surface area contributed by atoms with Gasteiger partial charge in [-0.15, -0.1) is 0 Å². The van der Waals surface area contributed by atoms with Crippen LogP contribution >= 0.6 is 0 Å². The third-order valence-corrected chi connectivity index (χ3v) is 5.57. The van der Waals surface area contributed by atoms with Crippen LogP contribution in [0.1, 0.15) is 18.5 Å². The van der Waals surface area contributed by atoms with E-state index in [0.717, 1.165) is 49.6 Å². The Bertz CT molecular complexity index is 852. The molecule has 1 aliphatic heterocycles. The maximum Gasteiger partial charge on any atom is 0.240 e. The van der Waals surface area contributed by atoms with Crippen molar-refractivity contribution in [2.45, 2.75) is 24.7 Å². The smallest absolute Gasteiger partial charge is 0.240 e. The van der Waals surface area contributed by atoms with Crippen LogP contribution in [0.4, 0.5) is 16.2 Å². The van der Waals surface area contributed by atoms with Crippen LogP contribution in [-0.2, 0) is 10.0 Å². The van der Waals surface area contributed by atoms with Crippen molar-refractivity contribution in [3.8, 4) is 0 Å². The highest BCUT2D eigenvalue weighted by molar-refractivity contribution is 7.89. The van der Waals surface area contributed by atoms with Crippen LogP contribution in [0, 0.1) is 12.7 Å². The fourth-order valence-electron chi connectivity index (χ4n) is 2.80. The predicted molar refractivity (Wildman–Crippen MR) is 98.3 cm³/mol. The number of nitrogens with one attached hydrogen (secondary N) is 2. The Labute approximate surface area is 152 Å². The monoisotopic (exact) mass is 379 g/mol. The first-order chi connectivity index (χ1) is 12.4. The summed E-state index contributed by atoms with van der Waals surface area (Å²) in [6, 6.07) is 6.66. The molecule has 0 unspecified atom stereocenters. The molecule has 2 N–H and O–H groups in total. The Balaban J connectivity index is 1.55. The van der Waals surface area contributed by atoms with E-state index in [0.29, 0.717) is 12.5 Å². The molecular weight excluding hydrogens is 357 g/mol. The van der Waals surface area contributed by atoms with Gasteiger partial charge in [0.2, 0.25) is 16.0 Å². The molecule has 2 heterocycles. The van der Waals surface area contributed by atoms with Crippen LogP contribution in [0.25, 0.3) is 0 Å². The number of rotatable bonds is 7. The molecule has 0 atom stereocenters. The number of aromatic nitrogens is 2. The van der Waals surface area contributed by atoms with E-state index < -0.39 is 15.8 Å². The second-order valence-corrected chi connectivity index (χ2v) is 7.93. The van der Waals surface area contributed by atoms with Gasteiger partial charge in [0, 0.05) is 37.9 Å². The lowest BCUT2D eigenvalue weighted by Gasteiger charge is -2.17. The van der Waals surface area contributed by atoms with Gasteiger partial charge in [-0.05, 0) is 44.0 Å². The number of sulfonamides is 1. The second kappa shape index (κ2) is 7.96. The Morgan fingerprint density at radius 1 is 1.12 bits per heavy atom. The standard InChI is InChI=1S/C17H22FN5O2S/c1-13-12-16(23-10-2-3-11-23)22-17(21-13)19-8-9-20-26(24,25)15-6-4-14(18)5-7-15/h4-7,12,20H,2-3,8-11H2,1H3,(H,19,21,22). The van der Waals surface area contributed by atoms with Crippen LogP contribution in [0.3, 0.4) is 0 Å². The molecule has 1 saturated heterocycles. The van der Waals surface area contributed by atoms with Crippen molar-refractivity contribution in [1.82, 2.24) is 14.7 Å². The van der Waals surface area contributed by atoms with E-state index in [1.54, 1.807) is 0 Å². The van der Waals surface area contributed by atoms with Crippen molar-refractivity contribution in [2.24, 2.45) is 0 Å². The molecule has 7 nitrogen and oxygen atoms in total. The van der Waals surface area contributed by atoms with E-state index in [2.05, 4.69) is 24.9 Å². The first kappa shape index (κ1) is 18.5. The van der Waals surface area contributed by atoms with Gasteiger partial charge in [0.05, 0.1) is 4.90 Å². The zero-order valence-corrected chi connectivity index (χ0v) is 15.4. The van der Waals surface area contributed by atoms with Gasteiger partial charge in [-0.1, -0.05) is 0 Å². The third-order valence-electron chi connectivity index (χ3n) is 4.09. The van der Waals surface area contributed by atoms with Gasteiger partial charge in [-0.25, -0.2) is 22.5 Å². The topological polar surface area (TPSA) is 87.2 Å². The Morgan fingerprint density at radius 2 is 1.81 bits per heavy atom. The third kappa shape index (κ3) is 4.67. The first-order valence-electron chi connectivity index (χ1n) is 8.54. The summed E-state index contributed by atoms with van der Waals surface area (Å²) in [5, 5.41) is 3.05. The molecule has 1 aromatic heterocycles. The zero-order valence-electron chi connectivity index (χ0n) is 14.6. The van der Waals surface area contributed by atoms with Gasteiger partial charge in [-0.2, -0.15) is 4.98 Å². The highest BCUT2D eigenvalue weighted by Gasteiger charge is 2.16. The van der Waals surface area contributed by atoms with Crippen LogP contribution < -0.4 is 14.9 Å². The van der Waals surface area contributed by atoms with Crippen LogP contribution in [0.2, 0.25) is 0 Å². The van der Waals surface area contributed by atoms with Crippen molar-refractivity contribution in [2.75, 3.05) is 36.4 Å². The van der Waals surface area contributed by atoms with Gasteiger partial charge >= 0.3 is 0 Å². The van der Waals surface area contributed by atoms with E-state index in [9.17, 15) is 12.8 Å². The first-order valence-corrected chi connectivity index (χ1v) is 10.0. The number of anilines is 2. The summed E-state index contributed by atoms with van der Waals surface area (Å²) < 4.78 is 39.6.